The fraction of sp³-hybridized carbons (Fsp3) is 0.375. The zero-order valence-electron chi connectivity index (χ0n) is 25.3. The maximum Gasteiger partial charge on any atom is 0.410 e. The van der Waals surface area contributed by atoms with E-state index < -0.39 is 23.5 Å². The van der Waals surface area contributed by atoms with Crippen LogP contribution in [0.25, 0.3) is 11.3 Å². The van der Waals surface area contributed by atoms with Crippen molar-refractivity contribution in [2.75, 3.05) is 25.9 Å². The summed E-state index contributed by atoms with van der Waals surface area (Å²) in [5.41, 5.74) is 8.61. The van der Waals surface area contributed by atoms with E-state index in [1.54, 1.807) is 37.8 Å². The van der Waals surface area contributed by atoms with Gasteiger partial charge >= 0.3 is 6.09 Å². The van der Waals surface area contributed by atoms with E-state index in [1.165, 1.54) is 24.9 Å². The largest absolute Gasteiger partial charge is 0.444 e. The van der Waals surface area contributed by atoms with Crippen molar-refractivity contribution in [3.05, 3.63) is 76.6 Å². The van der Waals surface area contributed by atoms with Gasteiger partial charge in [0.25, 0.3) is 17.7 Å². The number of amides is 4. The minimum absolute atomic E-state index is 0.0457. The van der Waals surface area contributed by atoms with Gasteiger partial charge in [-0.15, -0.1) is 0 Å². The molecule has 4 amide bonds. The molecule has 44 heavy (non-hydrogen) atoms. The molecule has 0 spiro atoms. The number of carbonyl (C=O) groups is 4. The molecule has 0 radical (unpaired) electrons. The first-order chi connectivity index (χ1) is 20.9. The number of likely N-dealkylation sites (tertiary alicyclic amines) is 1. The molecule has 2 aliphatic rings. The molecule has 2 aromatic carbocycles. The van der Waals surface area contributed by atoms with Crippen molar-refractivity contribution in [3.63, 3.8) is 0 Å². The number of anilines is 1. The van der Waals surface area contributed by atoms with Crippen molar-refractivity contribution in [1.82, 2.24) is 30.8 Å². The standard InChI is InChI=1S/C32H37N7O5/c1-32(2,3)44-31(43)39-12-11-22(17-39)36-28(40)20-13-19(25-16-35-27(33)26(37-25)30(42)34-4)14-21(15-20)29(41)38-24-10-9-18-7-5-6-8-23(18)24/h5-8,13-16,22,24H,9-12,17H2,1-4H3,(H2,33,35)(H,34,42)(H,36,40)(H,38,41)/t22?,24-/m1/s1. The third-order valence-electron chi connectivity index (χ3n) is 7.61. The first kappa shape index (κ1) is 30.5. The number of nitrogens with one attached hydrogen (secondary N) is 3. The number of hydrogen-bond donors (Lipinski definition) is 4. The molecule has 0 bridgehead atoms. The molecule has 0 saturated carbocycles. The zero-order chi connectivity index (χ0) is 31.6. The average molecular weight is 600 g/mol. The maximum absolute atomic E-state index is 13.6. The molecule has 2 heterocycles. The van der Waals surface area contributed by atoms with E-state index in [4.69, 9.17) is 10.5 Å². The highest BCUT2D eigenvalue weighted by molar-refractivity contribution is 6.02. The number of hydrogen-bond acceptors (Lipinski definition) is 8. The smallest absolute Gasteiger partial charge is 0.410 e. The van der Waals surface area contributed by atoms with Gasteiger partial charge in [0.1, 0.15) is 5.60 Å². The molecule has 2 atom stereocenters. The molecule has 5 rings (SSSR count). The monoisotopic (exact) mass is 599 g/mol. The number of rotatable bonds is 6. The second kappa shape index (κ2) is 12.3. The number of nitrogen functional groups attached to an aromatic ring is 1. The molecule has 3 aromatic rings. The summed E-state index contributed by atoms with van der Waals surface area (Å²) in [6.45, 7) is 6.15. The lowest BCUT2D eigenvalue weighted by Crippen LogP contribution is -2.40. The van der Waals surface area contributed by atoms with Crippen LogP contribution in [0.5, 0.6) is 0 Å². The van der Waals surface area contributed by atoms with Gasteiger partial charge in [-0.2, -0.15) is 0 Å². The number of nitrogens with zero attached hydrogens (tertiary/aromatic N) is 3. The van der Waals surface area contributed by atoms with Crippen molar-refractivity contribution < 1.29 is 23.9 Å². The second-order valence-electron chi connectivity index (χ2n) is 12.0. The number of aromatic nitrogens is 2. The van der Waals surface area contributed by atoms with E-state index in [-0.39, 0.29) is 46.3 Å². The summed E-state index contributed by atoms with van der Waals surface area (Å²) in [6.07, 6.45) is 3.14. The van der Waals surface area contributed by atoms with Gasteiger partial charge in [0.2, 0.25) is 0 Å². The average Bonchev–Trinajstić information content (AvgIpc) is 3.63. The zero-order valence-corrected chi connectivity index (χ0v) is 25.3. The van der Waals surface area contributed by atoms with Crippen LogP contribution < -0.4 is 21.7 Å². The molecule has 1 saturated heterocycles. The Balaban J connectivity index is 1.42. The number of aryl methyl sites for hydroxylation is 1. The van der Waals surface area contributed by atoms with E-state index in [0.717, 1.165) is 18.4 Å². The summed E-state index contributed by atoms with van der Waals surface area (Å²) in [4.78, 5) is 62.1. The second-order valence-corrected chi connectivity index (χ2v) is 12.0. The highest BCUT2D eigenvalue weighted by Gasteiger charge is 2.31. The summed E-state index contributed by atoms with van der Waals surface area (Å²) < 4.78 is 5.47. The molecule has 1 unspecified atom stereocenters. The lowest BCUT2D eigenvalue weighted by Gasteiger charge is -2.24. The number of carbonyl (C=O) groups excluding carboxylic acids is 4. The minimum Gasteiger partial charge on any atom is -0.444 e. The van der Waals surface area contributed by atoms with Gasteiger partial charge < -0.3 is 31.3 Å². The van der Waals surface area contributed by atoms with Gasteiger partial charge in [-0.1, -0.05) is 24.3 Å². The molecular weight excluding hydrogens is 562 g/mol. The van der Waals surface area contributed by atoms with Crippen LogP contribution in [0.2, 0.25) is 0 Å². The van der Waals surface area contributed by atoms with Crippen LogP contribution in [-0.4, -0.2) is 70.5 Å². The van der Waals surface area contributed by atoms with Crippen molar-refractivity contribution in [1.29, 1.82) is 0 Å². The van der Waals surface area contributed by atoms with Crippen molar-refractivity contribution in [2.24, 2.45) is 0 Å². The van der Waals surface area contributed by atoms with Gasteiger partial charge in [0.15, 0.2) is 11.5 Å². The summed E-state index contributed by atoms with van der Waals surface area (Å²) in [5, 5.41) is 8.57. The number of nitrogens with two attached hydrogens (primary N) is 1. The first-order valence-electron chi connectivity index (χ1n) is 14.6. The van der Waals surface area contributed by atoms with E-state index >= 15 is 0 Å². The Morgan fingerprint density at radius 1 is 0.977 bits per heavy atom. The molecular formula is C32H37N7O5. The van der Waals surface area contributed by atoms with Gasteiger partial charge in [-0.05, 0) is 69.4 Å². The number of benzene rings is 2. The van der Waals surface area contributed by atoms with Gasteiger partial charge in [0.05, 0.1) is 17.9 Å². The number of ether oxygens (including phenoxy) is 1. The first-order valence-corrected chi connectivity index (χ1v) is 14.6. The van der Waals surface area contributed by atoms with Gasteiger partial charge in [0, 0.05) is 42.9 Å². The lowest BCUT2D eigenvalue weighted by molar-refractivity contribution is 0.0289. The van der Waals surface area contributed by atoms with Crippen LogP contribution in [0.3, 0.4) is 0 Å². The van der Waals surface area contributed by atoms with Crippen molar-refractivity contribution in [3.8, 4) is 11.3 Å². The molecule has 1 fully saturated rings. The fourth-order valence-electron chi connectivity index (χ4n) is 5.45. The van der Waals surface area contributed by atoms with Crippen LogP contribution in [-0.2, 0) is 11.2 Å². The summed E-state index contributed by atoms with van der Waals surface area (Å²) in [5.74, 6) is -1.33. The maximum atomic E-state index is 13.6. The Morgan fingerprint density at radius 3 is 2.39 bits per heavy atom. The third-order valence-corrected chi connectivity index (χ3v) is 7.61. The molecule has 12 heteroatoms. The van der Waals surface area contributed by atoms with Crippen LogP contribution in [0, 0.1) is 0 Å². The Hall–Kier alpha value is -5.00. The predicted molar refractivity (Wildman–Crippen MR) is 164 cm³/mol. The van der Waals surface area contributed by atoms with E-state index in [9.17, 15) is 19.2 Å². The fourth-order valence-corrected chi connectivity index (χ4v) is 5.45. The quantitative estimate of drug-likeness (QED) is 0.335. The lowest BCUT2D eigenvalue weighted by atomic mass is 10.0. The van der Waals surface area contributed by atoms with Crippen LogP contribution in [0.15, 0.2) is 48.7 Å². The molecule has 5 N–H and O–H groups in total. The van der Waals surface area contributed by atoms with Crippen LogP contribution in [0.1, 0.15) is 82.0 Å². The minimum atomic E-state index is -0.626. The topological polar surface area (TPSA) is 169 Å². The van der Waals surface area contributed by atoms with E-state index in [1.807, 2.05) is 18.2 Å². The highest BCUT2D eigenvalue weighted by atomic mass is 16.6. The SMILES string of the molecule is CNC(=O)c1nc(-c2cc(C(=O)NC3CCN(C(=O)OC(C)(C)C)C3)cc(C(=O)N[C@@H]3CCc4ccccc43)c2)cnc1N. The Bertz CT molecular complexity index is 1620. The molecule has 1 aliphatic carbocycles. The van der Waals surface area contributed by atoms with Gasteiger partial charge in [-0.25, -0.2) is 14.8 Å². The Morgan fingerprint density at radius 2 is 1.68 bits per heavy atom. The van der Waals surface area contributed by atoms with Crippen molar-refractivity contribution in [2.45, 2.75) is 57.7 Å². The summed E-state index contributed by atoms with van der Waals surface area (Å²) in [7, 11) is 1.46. The molecule has 1 aromatic heterocycles. The van der Waals surface area contributed by atoms with Gasteiger partial charge in [-0.3, -0.25) is 14.4 Å². The molecule has 230 valence electrons. The van der Waals surface area contributed by atoms with Crippen LogP contribution >= 0.6 is 0 Å². The van der Waals surface area contributed by atoms with E-state index in [2.05, 4.69) is 32.0 Å². The third kappa shape index (κ3) is 6.80. The number of fused-ring (bicyclic) bond motifs is 1. The normalized spacial score (nSPS) is 17.5. The molecule has 1 aliphatic heterocycles. The van der Waals surface area contributed by atoms with Crippen molar-refractivity contribution >= 4 is 29.6 Å². The van der Waals surface area contributed by atoms with Crippen LogP contribution in [0.4, 0.5) is 10.6 Å². The Labute approximate surface area is 255 Å². The Kier molecular flexibility index (Phi) is 8.52. The summed E-state index contributed by atoms with van der Waals surface area (Å²) >= 11 is 0. The molecule has 12 nitrogen and oxygen atoms in total. The summed E-state index contributed by atoms with van der Waals surface area (Å²) in [6, 6.07) is 12.3. The predicted octanol–water partition coefficient (Wildman–Crippen LogP) is 3.24. The highest BCUT2D eigenvalue weighted by Crippen LogP contribution is 2.31. The van der Waals surface area contributed by atoms with E-state index in [0.29, 0.717) is 25.1 Å².